The van der Waals surface area contributed by atoms with Crippen molar-refractivity contribution in [3.63, 3.8) is 0 Å². The van der Waals surface area contributed by atoms with Gasteiger partial charge >= 0.3 is 51.4 Å². The van der Waals surface area contributed by atoms with Crippen LogP contribution in [0.1, 0.15) is 27.7 Å². The van der Waals surface area contributed by atoms with E-state index in [2.05, 4.69) is 57.9 Å². The third-order valence-electron chi connectivity index (χ3n) is 0.0833. The predicted molar refractivity (Wildman–Crippen MR) is 109 cm³/mol. The molecule has 0 saturated carbocycles. The molecule has 0 unspecified atom stereocenters. The number of carbonyl (C=O) groups is 1. The number of carbonyl (C=O) groups excluding carboxylic acids is 1. The zero-order valence-electron chi connectivity index (χ0n) is 12.0. The minimum Gasteiger partial charge on any atom is -0.850 e. The van der Waals surface area contributed by atoms with Crippen molar-refractivity contribution in [1.29, 1.82) is 0 Å². The number of rotatable bonds is 0. The summed E-state index contributed by atoms with van der Waals surface area (Å²) in [5.41, 5.74) is -0.750. The van der Waals surface area contributed by atoms with Crippen molar-refractivity contribution in [2.45, 2.75) is 33.3 Å². The minimum atomic E-state index is -0.750. The van der Waals surface area contributed by atoms with Crippen molar-refractivity contribution >= 4 is 95.4 Å². The molecule has 0 aromatic rings. The standard InChI is InChI=1S/C4H9O.C2H4O.C2H4.K.S5.S4/c1-4(2,3)5;1-2-3;1-2;;1-3-5-4-2;1-3-4-2/h1-3H3;2H,1H3;1-2H2;;;/q-1;;;+1;;. The van der Waals surface area contributed by atoms with Gasteiger partial charge in [0.15, 0.2) is 0 Å². The van der Waals surface area contributed by atoms with Gasteiger partial charge in [-0.25, -0.2) is 0 Å². The van der Waals surface area contributed by atoms with E-state index in [1.165, 1.54) is 51.3 Å². The van der Waals surface area contributed by atoms with E-state index < -0.39 is 5.60 Å². The Hall–Kier alpha value is 2.99. The van der Waals surface area contributed by atoms with Gasteiger partial charge in [-0.2, -0.15) is 0 Å². The van der Waals surface area contributed by atoms with Gasteiger partial charge in [-0.05, 0) is 6.92 Å². The van der Waals surface area contributed by atoms with Crippen LogP contribution in [0.3, 0.4) is 0 Å². The van der Waals surface area contributed by atoms with Gasteiger partial charge in [0.2, 0.25) is 0 Å². The maximum atomic E-state index is 10.1. The second-order valence-electron chi connectivity index (χ2n) is 2.69. The molecule has 0 aliphatic heterocycles. The van der Waals surface area contributed by atoms with Crippen molar-refractivity contribution in [3.8, 4) is 0 Å². The summed E-state index contributed by atoms with van der Waals surface area (Å²) in [5, 5.41) is 10.1. The normalized spacial score (nSPS) is 6.25. The average Bonchev–Trinajstić information content (AvgIpc) is 2.32. The molecule has 0 saturated heterocycles. The van der Waals surface area contributed by atoms with Gasteiger partial charge < -0.3 is 9.90 Å². The number of hydrogen-bond donors (Lipinski definition) is 0. The van der Waals surface area contributed by atoms with Crippen molar-refractivity contribution in [1.82, 2.24) is 0 Å². The minimum absolute atomic E-state index is 0. The molecule has 20 heavy (non-hydrogen) atoms. The molecular weight excluding hydrogens is 456 g/mol. The molecule has 0 aromatic heterocycles. The van der Waals surface area contributed by atoms with Gasteiger partial charge in [-0.15, -0.1) is 18.8 Å². The second kappa shape index (κ2) is 43.1. The van der Waals surface area contributed by atoms with Crippen molar-refractivity contribution in [3.05, 3.63) is 13.2 Å². The van der Waals surface area contributed by atoms with Gasteiger partial charge in [-0.3, -0.25) is 0 Å². The summed E-state index contributed by atoms with van der Waals surface area (Å²) in [5.74, 6) is 0. The first-order valence-corrected chi connectivity index (χ1v) is 13.5. The van der Waals surface area contributed by atoms with E-state index in [-0.39, 0.29) is 51.4 Å². The van der Waals surface area contributed by atoms with Crippen LogP contribution in [0.25, 0.3) is 0 Å². The fourth-order valence-electron chi connectivity index (χ4n) is 0.0113. The van der Waals surface area contributed by atoms with Crippen LogP contribution in [-0.2, 0) is 93.9 Å². The van der Waals surface area contributed by atoms with Crippen molar-refractivity contribution in [2.75, 3.05) is 0 Å². The third kappa shape index (κ3) is 234. The monoisotopic (exact) mass is 472 g/mol. The molecule has 0 atom stereocenters. The quantitative estimate of drug-likeness (QED) is 0.234. The van der Waals surface area contributed by atoms with Crippen molar-refractivity contribution < 1.29 is 61.3 Å². The summed E-state index contributed by atoms with van der Waals surface area (Å²) in [4.78, 5) is 8.81. The first-order valence-electron chi connectivity index (χ1n) is 4.18. The second-order valence-corrected chi connectivity index (χ2v) is 11.5. The molecule has 0 aliphatic carbocycles. The smallest absolute Gasteiger partial charge is 0.850 e. The molecule has 0 spiro atoms. The molecule has 0 heterocycles. The van der Waals surface area contributed by atoms with Crippen LogP contribution in [0.15, 0.2) is 13.2 Å². The van der Waals surface area contributed by atoms with Crippen LogP contribution in [-0.4, -0.2) is 11.9 Å². The summed E-state index contributed by atoms with van der Waals surface area (Å²) >= 11 is 17.5. The van der Waals surface area contributed by atoms with Crippen LogP contribution in [0.2, 0.25) is 0 Å². The Morgan fingerprint density at radius 1 is 0.950 bits per heavy atom. The van der Waals surface area contributed by atoms with E-state index in [1.807, 2.05) is 0 Å². The Bertz CT molecular complexity index is 338. The van der Waals surface area contributed by atoms with Crippen LogP contribution in [0.5, 0.6) is 0 Å². The fourth-order valence-corrected chi connectivity index (χ4v) is 2.76. The molecule has 0 rings (SSSR count). The summed E-state index contributed by atoms with van der Waals surface area (Å²) in [6.07, 6.45) is 0.750. The maximum Gasteiger partial charge on any atom is 1.00 e. The van der Waals surface area contributed by atoms with E-state index in [0.717, 1.165) is 6.29 Å². The summed E-state index contributed by atoms with van der Waals surface area (Å²) in [6, 6.07) is 0. The Morgan fingerprint density at radius 3 is 1.10 bits per heavy atom. The maximum absolute atomic E-state index is 10.1. The van der Waals surface area contributed by atoms with Gasteiger partial charge in [-0.1, -0.05) is 20.8 Å². The Balaban J connectivity index is -0.0000000313. The van der Waals surface area contributed by atoms with Crippen molar-refractivity contribution in [2.24, 2.45) is 0 Å². The molecule has 0 amide bonds. The molecule has 116 valence electrons. The van der Waals surface area contributed by atoms with Crippen LogP contribution in [0, 0.1) is 0 Å². The third-order valence-corrected chi connectivity index (χ3v) is 6.75. The van der Waals surface area contributed by atoms with E-state index in [0.29, 0.717) is 0 Å². The first kappa shape index (κ1) is 38.5. The average molecular weight is 473 g/mol. The fraction of sp³-hybridized carbons (Fsp3) is 0.625. The molecule has 0 bridgehead atoms. The van der Waals surface area contributed by atoms with Gasteiger partial charge in [0.1, 0.15) is 6.29 Å². The Morgan fingerprint density at radius 2 is 1.10 bits per heavy atom. The Kier molecular flexibility index (Phi) is 83.0. The van der Waals surface area contributed by atoms with Gasteiger partial charge in [0, 0.05) is 89.2 Å². The largest absolute Gasteiger partial charge is 1.00 e. The molecule has 0 N–H and O–H groups in total. The first-order chi connectivity index (χ1) is 8.74. The van der Waals surface area contributed by atoms with Crippen LogP contribution >= 0.6 is 0 Å². The zero-order valence-corrected chi connectivity index (χ0v) is 22.5. The van der Waals surface area contributed by atoms with Crippen LogP contribution < -0.4 is 56.5 Å². The van der Waals surface area contributed by atoms with E-state index >= 15 is 0 Å². The molecular formula is C8H17KO2S9. The van der Waals surface area contributed by atoms with Gasteiger partial charge in [0.05, 0.1) is 0 Å². The molecule has 12 heteroatoms. The number of aldehydes is 1. The molecule has 0 radical (unpaired) electrons. The predicted octanol–water partition coefficient (Wildman–Crippen LogP) is -1.86. The number of hydrogen-bond acceptors (Lipinski definition) is 6. The summed E-state index contributed by atoms with van der Waals surface area (Å²) in [7, 11) is 6.29. The van der Waals surface area contributed by atoms with E-state index in [4.69, 9.17) is 4.79 Å². The molecule has 0 aromatic carbocycles. The summed E-state index contributed by atoms with van der Waals surface area (Å²) < 4.78 is 0. The van der Waals surface area contributed by atoms with E-state index in [9.17, 15) is 5.11 Å². The SMILES string of the molecule is C=C.CC(C)(C)[O-].CC=O.S=S=S=S.S=S=S=S=S.[K+]. The van der Waals surface area contributed by atoms with E-state index in [1.54, 1.807) is 20.8 Å². The Labute approximate surface area is 199 Å². The zero-order chi connectivity index (χ0) is 16.7. The summed E-state index contributed by atoms with van der Waals surface area (Å²) in [6.45, 7) is 12.3. The van der Waals surface area contributed by atoms with Crippen LogP contribution in [0.4, 0.5) is 0 Å². The molecule has 0 fully saturated rings. The molecule has 0 aliphatic rings. The topological polar surface area (TPSA) is 40.1 Å². The molecule has 2 nitrogen and oxygen atoms in total. The van der Waals surface area contributed by atoms with Gasteiger partial charge in [0.25, 0.3) is 0 Å².